The smallest absolute Gasteiger partial charge is 0.329 e. The van der Waals surface area contributed by atoms with Crippen LogP contribution >= 0.6 is 0 Å². The number of esters is 1. The molecular weight excluding hydrogens is 1720 g/mol. The number of nitrogens with zero attached hydrogens (tertiary/aromatic N) is 13. The number of anilines is 3. The van der Waals surface area contributed by atoms with Crippen molar-refractivity contribution in [1.29, 1.82) is 0 Å². The van der Waals surface area contributed by atoms with Crippen molar-refractivity contribution in [2.75, 3.05) is 176 Å². The SMILES string of the molecule is CO[C@H]1C[C@@H]2CC[C@@H](C)[C@@](O)(O2)C(=O)C(=O)N2CCCC[C@H]2C(=O)O[C@H]([C@H](N)C[C@@H]2CC[C@@H](OCCCCc3cn(CCOCCOCCOCCOCCOCCOCCOCCOCCC(=O)N4CCN(c5cc(-n6nc(-c7ccc8oc(N)nc8c7)c7c(N)ncnc76)ncn5)CC4)nn3)[C@H](OC)C2)CC(=O)[C@H](C)/C=C(\C)[C@@H](O)[C@@H](O)C(=O)[C@H](C)C[C@H](C)/C=C/C=CC=C1C. The van der Waals surface area contributed by atoms with Crippen LogP contribution in [0.25, 0.3) is 39.2 Å². The van der Waals surface area contributed by atoms with Gasteiger partial charge in [-0.05, 0) is 138 Å². The number of aliphatic hydroxyl groups is 3. The number of nitrogens with two attached hydrogens (primary N) is 3. The van der Waals surface area contributed by atoms with Gasteiger partial charge in [-0.1, -0.05) is 69.4 Å². The number of aromatic nitrogens is 10. The number of amides is 2. The summed E-state index contributed by atoms with van der Waals surface area (Å²) in [5.41, 5.74) is 24.0. The predicted molar refractivity (Wildman–Crippen MR) is 490 cm³/mol. The largest absolute Gasteiger partial charge is 0.459 e. The lowest BCUT2D eigenvalue weighted by Crippen LogP contribution is -2.61. The molecule has 9 heterocycles. The lowest BCUT2D eigenvalue weighted by atomic mass is 9.80. The molecule has 11 rings (SSSR count). The summed E-state index contributed by atoms with van der Waals surface area (Å²) in [4.78, 5) is 112. The molecule has 6 aromatic rings. The van der Waals surface area contributed by atoms with Gasteiger partial charge < -0.3 is 113 Å². The number of piperazine rings is 1. The molecule has 4 fully saturated rings. The monoisotopic (exact) mass is 1860 g/mol. The van der Waals surface area contributed by atoms with E-state index in [2.05, 4.69) is 40.1 Å². The number of rotatable bonds is 41. The number of aliphatic hydroxyl groups excluding tert-OH is 2. The van der Waals surface area contributed by atoms with Gasteiger partial charge >= 0.3 is 5.97 Å². The Hall–Kier alpha value is -9.40. The number of unbranched alkanes of at least 4 members (excludes halogenated alkanes) is 1. The number of ether oxygens (including phenoxy) is 13. The molecule has 1 aliphatic carbocycles. The number of Topliss-reactive ketones (excluding diaryl/α,β-unsaturated/α-hetero) is 3. The Morgan fingerprint density at radius 1 is 0.677 bits per heavy atom. The number of oxazole rings is 1. The zero-order valence-electron chi connectivity index (χ0n) is 78.2. The van der Waals surface area contributed by atoms with E-state index in [-0.39, 0.29) is 86.2 Å². The van der Waals surface area contributed by atoms with Crippen LogP contribution in [0.15, 0.2) is 95.1 Å². The van der Waals surface area contributed by atoms with Crippen LogP contribution in [0.4, 0.5) is 17.7 Å². The summed E-state index contributed by atoms with van der Waals surface area (Å²) in [5.74, 6) is -7.47. The lowest BCUT2D eigenvalue weighted by molar-refractivity contribution is -0.265. The average molecular weight is 1860 g/mol. The highest BCUT2D eigenvalue weighted by Crippen LogP contribution is 2.39. The molecule has 732 valence electrons. The molecule has 3 saturated heterocycles. The van der Waals surface area contributed by atoms with Crippen molar-refractivity contribution in [3.63, 3.8) is 0 Å². The number of fused-ring (bicyclic) bond motifs is 5. The number of nitrogen functional groups attached to an aromatic ring is 2. The Labute approximate surface area is 776 Å². The van der Waals surface area contributed by atoms with Gasteiger partial charge in [0, 0.05) is 108 Å². The van der Waals surface area contributed by atoms with E-state index in [4.69, 9.17) is 88.3 Å². The van der Waals surface area contributed by atoms with Crippen LogP contribution in [0.1, 0.15) is 144 Å². The lowest BCUT2D eigenvalue weighted by Gasteiger charge is -2.42. The molecule has 1 aromatic carbocycles. The third kappa shape index (κ3) is 30.5. The van der Waals surface area contributed by atoms with E-state index in [1.807, 2.05) is 73.5 Å². The van der Waals surface area contributed by atoms with E-state index >= 15 is 0 Å². The number of cyclic esters (lactones) is 1. The van der Waals surface area contributed by atoms with Gasteiger partial charge in [0.1, 0.15) is 65.6 Å². The number of allylic oxidation sites excluding steroid dienone is 6. The molecule has 0 spiro atoms. The molecule has 1 saturated carbocycles. The average Bonchev–Trinajstić information content (AvgIpc) is 1.67. The standard InChI is InChI=1S/C94H138N16O23/c1-61-16-10-9-11-17-62(2)77(120-7)55-70-23-20-66(6)94(119,133-70)88(116)91(117)109-27-14-12-19-73(109)92(118)131-78(56-74(111)63(3)51-65(5)86(114)87(115)85(113)64(4)50-61)71(95)52-67-21-24-76(79(53-67)121-8)130-33-15-13-18-69-58-108(105-103-69)32-35-123-37-39-125-41-43-127-45-47-129-49-48-128-46-44-126-42-40-124-38-36-122-34-26-82(112)107-30-28-106(29-31-107)80-57-81(99-59-98-80)110-90-83(89(96)100-60-101-90)84(104-110)68-22-25-75-72(54-68)102-93(97)132-75/h9-11,16-17,22,25,51,54,57-61,63-64,66-67,70-71,73,76-79,86-87,114-115,119H,12-15,18-21,23-24,26-50,52-53,55-56,95H2,1-8H3,(H2,97,102)(H2,96,100,101)/b11-9?,16-10+,62-17?,65-51+/t61-,63-,64-,66-,67+,70+,71-,73+,76-,77+,78+,79-,86-,87+,94-/m1/s1. The molecule has 133 heavy (non-hydrogen) atoms. The third-order valence-electron chi connectivity index (χ3n) is 25.2. The highest BCUT2D eigenvalue weighted by atomic mass is 16.6. The molecule has 5 aliphatic rings. The Kier molecular flexibility index (Phi) is 41.6. The predicted octanol–water partition coefficient (Wildman–Crippen LogP) is 6.62. The van der Waals surface area contributed by atoms with Crippen molar-refractivity contribution >= 4 is 74.9 Å². The van der Waals surface area contributed by atoms with E-state index in [1.54, 1.807) is 50.4 Å². The van der Waals surface area contributed by atoms with Gasteiger partial charge in [0.25, 0.3) is 17.7 Å². The van der Waals surface area contributed by atoms with Gasteiger partial charge in [-0.3, -0.25) is 24.0 Å². The molecular formula is C94H138N16O23. The van der Waals surface area contributed by atoms with E-state index in [9.17, 15) is 44.1 Å². The number of carbonyl (C=O) groups excluding carboxylic acids is 6. The Morgan fingerprint density at radius 3 is 2.03 bits per heavy atom. The van der Waals surface area contributed by atoms with Gasteiger partial charge in [0.05, 0.1) is 154 Å². The van der Waals surface area contributed by atoms with Crippen LogP contribution in [-0.2, 0) is 103 Å². The Morgan fingerprint density at radius 2 is 1.35 bits per heavy atom. The Balaban J connectivity index is 0.497. The van der Waals surface area contributed by atoms with Crippen LogP contribution in [0.5, 0.6) is 0 Å². The second-order valence-electron chi connectivity index (χ2n) is 35.0. The summed E-state index contributed by atoms with van der Waals surface area (Å²) in [6.45, 7) is 20.1. The number of methoxy groups -OCH3 is 2. The minimum Gasteiger partial charge on any atom is -0.459 e. The number of piperidine rings is 1. The molecule has 5 aromatic heterocycles. The first kappa shape index (κ1) is 104. The maximum Gasteiger partial charge on any atom is 0.329 e. The van der Waals surface area contributed by atoms with Gasteiger partial charge in [-0.15, -0.1) is 5.10 Å². The number of hydrogen-bond acceptors (Lipinski definition) is 35. The minimum atomic E-state index is -2.49. The molecule has 9 N–H and O–H groups in total. The normalized spacial score (nSPS) is 26.0. The summed E-state index contributed by atoms with van der Waals surface area (Å²) in [6, 6.07) is 5.19. The number of benzene rings is 1. The van der Waals surface area contributed by atoms with E-state index in [1.165, 1.54) is 25.7 Å². The topological polar surface area (TPSA) is 497 Å². The summed E-state index contributed by atoms with van der Waals surface area (Å²) < 4.78 is 84.9. The first-order valence-electron chi connectivity index (χ1n) is 46.8. The van der Waals surface area contributed by atoms with Crippen molar-refractivity contribution in [1.82, 2.24) is 59.5 Å². The summed E-state index contributed by atoms with van der Waals surface area (Å²) in [5, 5.41) is 48.7. The molecule has 39 nitrogen and oxygen atoms in total. The van der Waals surface area contributed by atoms with E-state index in [0.29, 0.717) is 242 Å². The molecule has 39 heteroatoms. The molecule has 0 radical (unpaired) electrons. The van der Waals surface area contributed by atoms with Gasteiger partial charge in [-0.2, -0.15) is 14.8 Å². The minimum absolute atomic E-state index is 0.0175. The highest BCUT2D eigenvalue weighted by molar-refractivity contribution is 6.39. The van der Waals surface area contributed by atoms with Crippen molar-refractivity contribution in [2.24, 2.45) is 35.3 Å². The zero-order valence-corrected chi connectivity index (χ0v) is 78.2. The maximum atomic E-state index is 14.7. The number of ketones is 3. The van der Waals surface area contributed by atoms with Gasteiger partial charge in [0.2, 0.25) is 11.7 Å². The van der Waals surface area contributed by atoms with Crippen molar-refractivity contribution in [2.45, 2.75) is 211 Å². The first-order valence-corrected chi connectivity index (χ1v) is 46.8. The zero-order chi connectivity index (χ0) is 94.8. The van der Waals surface area contributed by atoms with E-state index in [0.717, 1.165) is 34.6 Å². The first-order chi connectivity index (χ1) is 64.3. The fourth-order valence-corrected chi connectivity index (χ4v) is 17.4. The number of carbonyl (C=O) groups is 6. The summed E-state index contributed by atoms with van der Waals surface area (Å²) in [7, 11) is 3.20. The molecule has 0 unspecified atom stereocenters. The van der Waals surface area contributed by atoms with Crippen LogP contribution in [0.3, 0.4) is 0 Å². The van der Waals surface area contributed by atoms with E-state index < -0.39 is 95.4 Å². The molecule has 4 aliphatic heterocycles. The molecule has 15 atom stereocenters. The molecule has 2 amide bonds. The fraction of sp³-hybridized carbons (Fsp3) is 0.660. The summed E-state index contributed by atoms with van der Waals surface area (Å²) >= 11 is 0. The van der Waals surface area contributed by atoms with Gasteiger partial charge in [-0.25, -0.2) is 29.4 Å². The number of hydrogen-bond donors (Lipinski definition) is 6. The van der Waals surface area contributed by atoms with Crippen molar-refractivity contribution in [3.05, 3.63) is 96.4 Å². The number of aryl methyl sites for hydroxylation is 1. The molecule has 2 bridgehead atoms. The second-order valence-corrected chi connectivity index (χ2v) is 35.0. The van der Waals surface area contributed by atoms with Crippen molar-refractivity contribution < 1.29 is 110 Å². The second kappa shape index (κ2) is 53.2. The Bertz CT molecular complexity index is 4810. The maximum absolute atomic E-state index is 14.7. The third-order valence-corrected chi connectivity index (χ3v) is 25.2. The highest BCUT2D eigenvalue weighted by Gasteiger charge is 2.53. The quantitative estimate of drug-likeness (QED) is 0.0102. The van der Waals surface area contributed by atoms with Crippen molar-refractivity contribution in [3.8, 4) is 17.1 Å². The van der Waals surface area contributed by atoms with Crippen LogP contribution in [-0.4, -0.2) is 330 Å². The van der Waals surface area contributed by atoms with Crippen LogP contribution < -0.4 is 22.1 Å². The fourth-order valence-electron chi connectivity index (χ4n) is 17.4. The van der Waals surface area contributed by atoms with Crippen LogP contribution in [0.2, 0.25) is 0 Å². The van der Waals surface area contributed by atoms with Gasteiger partial charge in [0.15, 0.2) is 22.8 Å². The van der Waals surface area contributed by atoms with Crippen LogP contribution in [0, 0.1) is 29.6 Å². The summed E-state index contributed by atoms with van der Waals surface area (Å²) in [6.07, 6.45) is 16.6.